The van der Waals surface area contributed by atoms with Gasteiger partial charge in [0.1, 0.15) is 0 Å². The van der Waals surface area contributed by atoms with Gasteiger partial charge in [0.05, 0.1) is 26.0 Å². The fraction of sp³-hybridized carbons (Fsp3) is 0.393. The van der Waals surface area contributed by atoms with Crippen molar-refractivity contribution in [2.45, 2.75) is 45.4 Å². The quantitative estimate of drug-likeness (QED) is 0.279. The molecule has 8 heteroatoms. The second-order valence-corrected chi connectivity index (χ2v) is 9.84. The fourth-order valence-corrected chi connectivity index (χ4v) is 5.57. The minimum atomic E-state index is -0.373. The molecule has 0 unspecified atom stereocenters. The van der Waals surface area contributed by atoms with Crippen LogP contribution in [0.5, 0.6) is 11.5 Å². The van der Waals surface area contributed by atoms with Gasteiger partial charge in [-0.25, -0.2) is 5.43 Å². The van der Waals surface area contributed by atoms with Crippen molar-refractivity contribution in [1.82, 2.24) is 10.7 Å². The summed E-state index contributed by atoms with van der Waals surface area (Å²) in [6.45, 7) is 2.19. The largest absolute Gasteiger partial charge is 0.493 e. The van der Waals surface area contributed by atoms with Crippen molar-refractivity contribution >= 4 is 38.9 Å². The van der Waals surface area contributed by atoms with E-state index < -0.39 is 0 Å². The van der Waals surface area contributed by atoms with Crippen LogP contribution >= 0.6 is 11.3 Å². The first-order valence-electron chi connectivity index (χ1n) is 12.5. The Morgan fingerprint density at radius 2 is 1.89 bits per heavy atom. The topological polar surface area (TPSA) is 89.0 Å². The van der Waals surface area contributed by atoms with E-state index in [1.807, 2.05) is 19.1 Å². The lowest BCUT2D eigenvalue weighted by Crippen LogP contribution is -2.35. The number of fused-ring (bicyclic) bond motifs is 1. The van der Waals surface area contributed by atoms with Gasteiger partial charge >= 0.3 is 0 Å². The summed E-state index contributed by atoms with van der Waals surface area (Å²) in [4.78, 5) is 25.2. The van der Waals surface area contributed by atoms with Gasteiger partial charge in [-0.05, 0) is 43.5 Å². The number of hydrogen-bond acceptors (Lipinski definition) is 6. The van der Waals surface area contributed by atoms with Gasteiger partial charge in [0.15, 0.2) is 11.5 Å². The number of amides is 2. The number of rotatable bonds is 10. The van der Waals surface area contributed by atoms with E-state index in [1.165, 1.54) is 43.9 Å². The van der Waals surface area contributed by atoms with Crippen LogP contribution in [0.15, 0.2) is 52.9 Å². The average molecular weight is 508 g/mol. The van der Waals surface area contributed by atoms with Crippen molar-refractivity contribution in [1.29, 1.82) is 0 Å². The van der Waals surface area contributed by atoms with E-state index in [2.05, 4.69) is 33.4 Å². The molecule has 0 atom stereocenters. The van der Waals surface area contributed by atoms with Crippen LogP contribution in [0.1, 0.15) is 61.4 Å². The molecule has 0 radical (unpaired) electrons. The molecule has 0 saturated heterocycles. The SMILES string of the molecule is CCOc1ccc(C(=O)NCC(=O)NN=C(CC2CCCCC2)c2csc3ccccc23)cc1OC. The van der Waals surface area contributed by atoms with Gasteiger partial charge in [0, 0.05) is 26.6 Å². The van der Waals surface area contributed by atoms with Crippen LogP contribution in [0.3, 0.4) is 0 Å². The van der Waals surface area contributed by atoms with Gasteiger partial charge in [-0.3, -0.25) is 9.59 Å². The van der Waals surface area contributed by atoms with Gasteiger partial charge in [-0.2, -0.15) is 5.10 Å². The van der Waals surface area contributed by atoms with Crippen molar-refractivity contribution in [3.8, 4) is 11.5 Å². The molecule has 1 heterocycles. The Bertz CT molecular complexity index is 1230. The number of thiophene rings is 1. The number of carbonyl (C=O) groups is 2. The molecule has 1 aliphatic carbocycles. The monoisotopic (exact) mass is 507 g/mol. The molecule has 7 nitrogen and oxygen atoms in total. The highest BCUT2D eigenvalue weighted by Gasteiger charge is 2.20. The lowest BCUT2D eigenvalue weighted by molar-refractivity contribution is -0.120. The number of benzene rings is 2. The molecule has 2 N–H and O–H groups in total. The van der Waals surface area contributed by atoms with Crippen LogP contribution in [-0.2, 0) is 4.79 Å². The minimum Gasteiger partial charge on any atom is -0.493 e. The molecule has 0 aliphatic heterocycles. The maximum Gasteiger partial charge on any atom is 0.259 e. The third-order valence-corrected chi connectivity index (χ3v) is 7.41. The molecule has 2 amide bonds. The van der Waals surface area contributed by atoms with E-state index >= 15 is 0 Å². The van der Waals surface area contributed by atoms with E-state index in [4.69, 9.17) is 9.47 Å². The average Bonchev–Trinajstić information content (AvgIpc) is 3.34. The Balaban J connectivity index is 1.42. The third-order valence-electron chi connectivity index (χ3n) is 6.45. The summed E-state index contributed by atoms with van der Waals surface area (Å²) >= 11 is 1.69. The van der Waals surface area contributed by atoms with Gasteiger partial charge in [0.2, 0.25) is 0 Å². The predicted octanol–water partition coefficient (Wildman–Crippen LogP) is 5.53. The molecule has 0 spiro atoms. The predicted molar refractivity (Wildman–Crippen MR) is 144 cm³/mol. The van der Waals surface area contributed by atoms with Crippen LogP contribution in [0.4, 0.5) is 0 Å². The Hall–Kier alpha value is -3.39. The van der Waals surface area contributed by atoms with Gasteiger partial charge in [0.25, 0.3) is 11.8 Å². The lowest BCUT2D eigenvalue weighted by atomic mass is 9.84. The number of nitrogens with zero attached hydrogens (tertiary/aromatic N) is 1. The van der Waals surface area contributed by atoms with Crippen LogP contribution in [0, 0.1) is 5.92 Å². The van der Waals surface area contributed by atoms with Gasteiger partial charge in [-0.1, -0.05) is 50.3 Å². The number of hydrazone groups is 1. The third kappa shape index (κ3) is 6.43. The van der Waals surface area contributed by atoms with Crippen molar-refractivity contribution in [3.05, 3.63) is 59.0 Å². The summed E-state index contributed by atoms with van der Waals surface area (Å²) in [7, 11) is 1.52. The molecule has 190 valence electrons. The standard InChI is InChI=1S/C28H33N3O4S/c1-3-35-24-14-13-20(16-25(24)34-2)28(33)29-17-27(32)31-30-23(15-19-9-5-4-6-10-19)22-18-36-26-12-8-7-11-21(22)26/h7-8,11-14,16,18-19H,3-6,9-10,15,17H2,1-2H3,(H,29,33)(H,31,32). The smallest absolute Gasteiger partial charge is 0.259 e. The zero-order chi connectivity index (χ0) is 25.3. The van der Waals surface area contributed by atoms with E-state index in [0.717, 1.165) is 23.1 Å². The molecular formula is C28H33N3O4S. The molecule has 1 aliphatic rings. The van der Waals surface area contributed by atoms with Crippen LogP contribution < -0.4 is 20.2 Å². The Morgan fingerprint density at radius 3 is 2.67 bits per heavy atom. The summed E-state index contributed by atoms with van der Waals surface area (Å²) in [5, 5.41) is 10.5. The van der Waals surface area contributed by atoms with Crippen molar-refractivity contribution in [2.75, 3.05) is 20.3 Å². The summed E-state index contributed by atoms with van der Waals surface area (Å²) in [5.74, 6) is 0.857. The molecule has 3 aromatic rings. The van der Waals surface area contributed by atoms with Crippen molar-refractivity contribution in [2.24, 2.45) is 11.0 Å². The Kier molecular flexibility index (Phi) is 8.95. The number of nitrogens with one attached hydrogen (secondary N) is 2. The molecule has 2 aromatic carbocycles. The van der Waals surface area contributed by atoms with E-state index in [-0.39, 0.29) is 18.4 Å². The summed E-state index contributed by atoms with van der Waals surface area (Å²) < 4.78 is 12.0. The molecule has 1 aromatic heterocycles. The van der Waals surface area contributed by atoms with E-state index in [0.29, 0.717) is 29.6 Å². The second kappa shape index (κ2) is 12.5. The number of carbonyl (C=O) groups excluding carboxylic acids is 2. The van der Waals surface area contributed by atoms with Gasteiger partial charge < -0.3 is 14.8 Å². The van der Waals surface area contributed by atoms with Crippen LogP contribution in [0.25, 0.3) is 10.1 Å². The van der Waals surface area contributed by atoms with Crippen LogP contribution in [0.2, 0.25) is 0 Å². The molecule has 1 fully saturated rings. The summed E-state index contributed by atoms with van der Waals surface area (Å²) in [6.07, 6.45) is 7.00. The Morgan fingerprint density at radius 1 is 1.08 bits per heavy atom. The summed E-state index contributed by atoms with van der Waals surface area (Å²) in [5.41, 5.74) is 5.03. The molecule has 36 heavy (non-hydrogen) atoms. The van der Waals surface area contributed by atoms with Gasteiger partial charge in [-0.15, -0.1) is 11.3 Å². The van der Waals surface area contributed by atoms with E-state index in [9.17, 15) is 9.59 Å². The molecule has 1 saturated carbocycles. The normalized spacial score (nSPS) is 14.4. The molecular weight excluding hydrogens is 474 g/mol. The fourth-order valence-electron chi connectivity index (χ4n) is 4.60. The number of methoxy groups -OCH3 is 1. The molecule has 4 rings (SSSR count). The zero-order valence-corrected chi connectivity index (χ0v) is 21.7. The number of hydrogen-bond donors (Lipinski definition) is 2. The van der Waals surface area contributed by atoms with E-state index in [1.54, 1.807) is 29.5 Å². The second-order valence-electron chi connectivity index (χ2n) is 8.93. The Labute approximate surface area is 215 Å². The maximum absolute atomic E-state index is 12.6. The minimum absolute atomic E-state index is 0.182. The first kappa shape index (κ1) is 25.7. The van der Waals surface area contributed by atoms with Crippen LogP contribution in [-0.4, -0.2) is 37.8 Å². The summed E-state index contributed by atoms with van der Waals surface area (Å²) in [6, 6.07) is 13.2. The van der Waals surface area contributed by atoms with Crippen molar-refractivity contribution < 1.29 is 19.1 Å². The highest BCUT2D eigenvalue weighted by atomic mass is 32.1. The first-order valence-corrected chi connectivity index (χ1v) is 13.4. The zero-order valence-electron chi connectivity index (χ0n) is 20.8. The van der Waals surface area contributed by atoms with Crippen molar-refractivity contribution in [3.63, 3.8) is 0 Å². The highest BCUT2D eigenvalue weighted by molar-refractivity contribution is 7.17. The first-order chi connectivity index (χ1) is 17.6. The highest BCUT2D eigenvalue weighted by Crippen LogP contribution is 2.32. The number of ether oxygens (including phenoxy) is 2. The lowest BCUT2D eigenvalue weighted by Gasteiger charge is -2.22. The maximum atomic E-state index is 12.6. The molecule has 0 bridgehead atoms.